The molecule has 23 heteroatoms. The van der Waals surface area contributed by atoms with Crippen LogP contribution in [0.5, 0.6) is 0 Å². The summed E-state index contributed by atoms with van der Waals surface area (Å²) in [6.07, 6.45) is -52.8. The van der Waals surface area contributed by atoms with E-state index in [4.69, 9.17) is 0 Å². The first kappa shape index (κ1) is 32.4. The van der Waals surface area contributed by atoms with E-state index in [1.807, 2.05) is 0 Å². The molecule has 38 heavy (non-hydrogen) atoms. The first-order chi connectivity index (χ1) is 16.4. The Kier molecular flexibility index (Phi) is 7.13. The van der Waals surface area contributed by atoms with Crippen molar-refractivity contribution < 1.29 is 96.8 Å². The van der Waals surface area contributed by atoms with Crippen molar-refractivity contribution in [1.82, 2.24) is 0 Å². The van der Waals surface area contributed by atoms with E-state index in [-0.39, 0.29) is 12.1 Å². The molecule has 0 aromatic heterocycles. The maximum atomic E-state index is 16.3. The van der Waals surface area contributed by atoms with Crippen LogP contribution in [-0.2, 0) is 13.6 Å². The summed E-state index contributed by atoms with van der Waals surface area (Å²) in [7, 11) is -9.85. The molecule has 0 spiro atoms. The molecule has 222 valence electrons. The summed E-state index contributed by atoms with van der Waals surface area (Å²) in [5, 5.41) is -2.65. The Morgan fingerprint density at radius 3 is 1.08 bits per heavy atom. The fourth-order valence-electron chi connectivity index (χ4n) is 3.30. The van der Waals surface area contributed by atoms with Crippen LogP contribution < -0.4 is 5.30 Å². The summed E-state index contributed by atoms with van der Waals surface area (Å²) in [5.41, 5.74) is -16.1. The molecule has 0 atom stereocenters. The second kappa shape index (κ2) is 8.35. The predicted molar refractivity (Wildman–Crippen MR) is 82.9 cm³/mol. The second-order valence-electron chi connectivity index (χ2n) is 7.23. The van der Waals surface area contributed by atoms with Crippen molar-refractivity contribution in [1.29, 1.82) is 0 Å². The van der Waals surface area contributed by atoms with Gasteiger partial charge >= 0.3 is 194 Å². The minimum absolute atomic E-state index is 0.166. The van der Waals surface area contributed by atoms with Gasteiger partial charge in [-0.1, -0.05) is 0 Å². The normalized spacial score (nSPS) is 23.2. The van der Waals surface area contributed by atoms with E-state index in [9.17, 15) is 79.0 Å². The molecule has 1 aromatic rings. The van der Waals surface area contributed by atoms with Crippen LogP contribution in [0.1, 0.15) is 0 Å². The van der Waals surface area contributed by atoms with Crippen LogP contribution in [-0.4, -0.2) is 54.4 Å². The third-order valence-electron chi connectivity index (χ3n) is 4.72. The van der Waals surface area contributed by atoms with Gasteiger partial charge in [0.15, 0.2) is 0 Å². The van der Waals surface area contributed by atoms with E-state index in [1.54, 1.807) is 0 Å². The van der Waals surface area contributed by atoms with Gasteiger partial charge in [-0.3, -0.25) is 0 Å². The average Bonchev–Trinajstić information content (AvgIpc) is 2.96. The van der Waals surface area contributed by atoms with Crippen LogP contribution in [0, 0.1) is 0 Å². The van der Waals surface area contributed by atoms with Gasteiger partial charge in [0.25, 0.3) is 0 Å². The zero-order valence-electron chi connectivity index (χ0n) is 16.8. The van der Waals surface area contributed by atoms with Gasteiger partial charge in [-0.25, -0.2) is 0 Å². The third-order valence-corrected chi connectivity index (χ3v) is 7.58. The predicted octanol–water partition coefficient (Wildman–Crippen LogP) is 7.78. The Bertz CT molecular complexity index is 934. The Morgan fingerprint density at radius 2 is 0.842 bits per heavy atom. The van der Waals surface area contributed by atoms with Gasteiger partial charge in [0, 0.05) is 0 Å². The molecular formula is C15H6F19O3P. The van der Waals surface area contributed by atoms with Crippen molar-refractivity contribution in [3.8, 4) is 0 Å². The average molecular weight is 626 g/mol. The summed E-state index contributed by atoms with van der Waals surface area (Å²) in [5.74, 6) is 0. The van der Waals surface area contributed by atoms with E-state index in [0.717, 1.165) is 0 Å². The molecule has 0 bridgehead atoms. The van der Waals surface area contributed by atoms with Gasteiger partial charge in [-0.2, -0.15) is 0 Å². The Balaban J connectivity index is 3.27. The number of alkyl halides is 18. The van der Waals surface area contributed by atoms with Gasteiger partial charge in [0.1, 0.15) is 0 Å². The van der Waals surface area contributed by atoms with Crippen molar-refractivity contribution in [2.45, 2.75) is 54.4 Å². The number of halogens is 19. The van der Waals surface area contributed by atoms with Gasteiger partial charge in [0.05, 0.1) is 0 Å². The molecule has 0 radical (unpaired) electrons. The van der Waals surface area contributed by atoms with Crippen molar-refractivity contribution in [3.63, 3.8) is 0 Å². The van der Waals surface area contributed by atoms with Gasteiger partial charge in [-0.15, -0.1) is 0 Å². The summed E-state index contributed by atoms with van der Waals surface area (Å²) in [6, 6.07) is 0.0677. The Hall–Kier alpha value is -1.80. The summed E-state index contributed by atoms with van der Waals surface area (Å²) < 4.78 is 268. The fraction of sp³-hybridized carbons (Fsp3) is 0.600. The number of hydrogen-bond donors (Lipinski definition) is 0. The maximum absolute atomic E-state index is 16.3. The van der Waals surface area contributed by atoms with Crippen LogP contribution in [0.25, 0.3) is 0 Å². The van der Waals surface area contributed by atoms with E-state index >= 15 is 4.20 Å². The number of rotatable bonds is 3. The summed E-state index contributed by atoms with van der Waals surface area (Å²) >= 11 is 0. The molecule has 0 unspecified atom stereocenters. The molecule has 1 heterocycles. The van der Waals surface area contributed by atoms with Gasteiger partial charge < -0.3 is 0 Å². The molecule has 0 saturated carbocycles. The number of benzene rings is 1. The van der Waals surface area contributed by atoms with Gasteiger partial charge in [0.2, 0.25) is 0 Å². The molecule has 0 N–H and O–H groups in total. The van der Waals surface area contributed by atoms with Crippen LogP contribution in [0.15, 0.2) is 30.3 Å². The van der Waals surface area contributed by atoms with Gasteiger partial charge in [-0.05, 0) is 0 Å². The molecule has 1 aliphatic rings. The monoisotopic (exact) mass is 626 g/mol. The second-order valence-corrected chi connectivity index (χ2v) is 9.90. The van der Waals surface area contributed by atoms with Crippen LogP contribution in [0.4, 0.5) is 83.2 Å². The van der Waals surface area contributed by atoms with E-state index in [1.165, 1.54) is 0 Å². The molecular weight excluding hydrogens is 620 g/mol. The van der Waals surface area contributed by atoms with E-state index in [0.29, 0.717) is 6.07 Å². The minimum atomic E-state index is -9.85. The van der Waals surface area contributed by atoms with Crippen LogP contribution in [0.2, 0.25) is 0 Å². The number of hydrogen-bond acceptors (Lipinski definition) is 3. The first-order valence-electron chi connectivity index (χ1n) is 8.72. The zero-order valence-corrected chi connectivity index (χ0v) is 17.7. The molecule has 2 rings (SSSR count). The summed E-state index contributed by atoms with van der Waals surface area (Å²) in [6.45, 7) is 0. The zero-order chi connectivity index (χ0) is 30.3. The topological polar surface area (TPSA) is 27.7 Å². The quantitative estimate of drug-likeness (QED) is 0.254. The SMILES string of the molecule is FC(F)(F)C(OP1(F)(c2ccccc2)OC(C(F)(F)F)(C(F)(F)F)C(C(F)(F)F)(C(F)(F)F)O1)C(F)(F)F. The fourth-order valence-corrected chi connectivity index (χ4v) is 6.60. The van der Waals surface area contributed by atoms with Crippen molar-refractivity contribution in [3.05, 3.63) is 30.3 Å². The molecule has 0 aliphatic carbocycles. The molecule has 1 aromatic carbocycles. The summed E-state index contributed by atoms with van der Waals surface area (Å²) in [4.78, 5) is 0. The molecule has 1 saturated heterocycles. The molecule has 3 nitrogen and oxygen atoms in total. The van der Waals surface area contributed by atoms with E-state index in [2.05, 4.69) is 13.6 Å². The van der Waals surface area contributed by atoms with Crippen molar-refractivity contribution >= 4 is 12.9 Å². The van der Waals surface area contributed by atoms with E-state index < -0.39 is 79.4 Å². The van der Waals surface area contributed by atoms with Crippen molar-refractivity contribution in [2.75, 3.05) is 0 Å². The molecule has 1 aliphatic heterocycles. The van der Waals surface area contributed by atoms with Crippen LogP contribution in [0.3, 0.4) is 0 Å². The molecule has 1 fully saturated rings. The standard InChI is InChI=1S/C15H6F19O3P/c16-8(17,18)7(9(19,20)21)35-38(34,6-4-2-1-3-5-6)36-10(12(22,23)24,13(25,26)27)11(37-38,14(28,29)30)15(31,32)33/h1-5,7H. The van der Waals surface area contributed by atoms with Crippen LogP contribution >= 0.6 is 7.59 Å². The van der Waals surface area contributed by atoms with Crippen molar-refractivity contribution in [2.24, 2.45) is 0 Å². The molecule has 0 amide bonds. The first-order valence-corrected chi connectivity index (χ1v) is 10.6. The third kappa shape index (κ3) is 4.53. The Labute approximate surface area is 195 Å². The Morgan fingerprint density at radius 1 is 0.553 bits per heavy atom.